The molecule has 0 aromatic heterocycles. The Morgan fingerprint density at radius 2 is 2.00 bits per heavy atom. The molecule has 1 fully saturated rings. The van der Waals surface area contributed by atoms with E-state index in [2.05, 4.69) is 32.9 Å². The van der Waals surface area contributed by atoms with Crippen molar-refractivity contribution in [3.05, 3.63) is 29.3 Å². The van der Waals surface area contributed by atoms with Gasteiger partial charge in [0.1, 0.15) is 11.4 Å². The van der Waals surface area contributed by atoms with Crippen LogP contribution in [0.3, 0.4) is 0 Å². The van der Waals surface area contributed by atoms with Gasteiger partial charge in [-0.25, -0.2) is 0 Å². The maximum atomic E-state index is 10.5. The Hall–Kier alpha value is -1.02. The van der Waals surface area contributed by atoms with Gasteiger partial charge in [-0.2, -0.15) is 0 Å². The molecule has 1 heterocycles. The molecule has 2 heteroatoms. The van der Waals surface area contributed by atoms with E-state index in [1.165, 1.54) is 12.0 Å². The first kappa shape index (κ1) is 13.0. The van der Waals surface area contributed by atoms with Gasteiger partial charge in [-0.3, -0.25) is 0 Å². The number of fused-ring (bicyclic) bond motifs is 1. The van der Waals surface area contributed by atoms with Gasteiger partial charge >= 0.3 is 0 Å². The maximum Gasteiger partial charge on any atom is 0.125 e. The first-order valence-corrected chi connectivity index (χ1v) is 7.47. The van der Waals surface area contributed by atoms with E-state index in [0.717, 1.165) is 36.5 Å². The highest BCUT2D eigenvalue weighted by Gasteiger charge is 2.44. The molecule has 2 aliphatic rings. The van der Waals surface area contributed by atoms with Crippen LogP contribution in [0.4, 0.5) is 0 Å². The van der Waals surface area contributed by atoms with Gasteiger partial charge in [0.2, 0.25) is 0 Å². The predicted octanol–water partition coefficient (Wildman–Crippen LogP) is 4.01. The minimum absolute atomic E-state index is 0.131. The lowest BCUT2D eigenvalue weighted by Crippen LogP contribution is -2.46. The van der Waals surface area contributed by atoms with Crippen LogP contribution in [0.2, 0.25) is 0 Å². The molecule has 19 heavy (non-hydrogen) atoms. The predicted molar refractivity (Wildman–Crippen MR) is 76.3 cm³/mol. The Morgan fingerprint density at radius 1 is 1.21 bits per heavy atom. The summed E-state index contributed by atoms with van der Waals surface area (Å²) in [4.78, 5) is 0. The third-order valence-electron chi connectivity index (χ3n) is 5.14. The monoisotopic (exact) mass is 260 g/mol. The molecule has 0 radical (unpaired) electrons. The largest absolute Gasteiger partial charge is 0.487 e. The molecule has 0 amide bonds. The summed E-state index contributed by atoms with van der Waals surface area (Å²) in [5, 5.41) is 10.5. The van der Waals surface area contributed by atoms with Crippen LogP contribution in [0, 0.1) is 18.8 Å². The highest BCUT2D eigenvalue weighted by molar-refractivity contribution is 5.41. The molecule has 1 N–H and O–H groups in total. The van der Waals surface area contributed by atoms with E-state index in [1.807, 2.05) is 6.07 Å². The smallest absolute Gasteiger partial charge is 0.125 e. The highest BCUT2D eigenvalue weighted by atomic mass is 16.5. The molecule has 3 rings (SSSR count). The van der Waals surface area contributed by atoms with Crippen LogP contribution in [0.1, 0.15) is 56.8 Å². The van der Waals surface area contributed by atoms with Crippen LogP contribution >= 0.6 is 0 Å². The summed E-state index contributed by atoms with van der Waals surface area (Å²) in [6.07, 6.45) is 3.72. The van der Waals surface area contributed by atoms with Gasteiger partial charge in [0.15, 0.2) is 0 Å². The van der Waals surface area contributed by atoms with Crippen molar-refractivity contribution < 1.29 is 9.84 Å². The molecule has 3 unspecified atom stereocenters. The average molecular weight is 260 g/mol. The Kier molecular flexibility index (Phi) is 3.09. The zero-order valence-electron chi connectivity index (χ0n) is 12.1. The Labute approximate surface area is 115 Å². The van der Waals surface area contributed by atoms with Crippen molar-refractivity contribution >= 4 is 0 Å². The van der Waals surface area contributed by atoms with E-state index >= 15 is 0 Å². The van der Waals surface area contributed by atoms with E-state index < -0.39 is 0 Å². The number of rotatable bonds is 0. The lowest BCUT2D eigenvalue weighted by Gasteiger charge is -2.47. The molecular formula is C17H24O2. The fraction of sp³-hybridized carbons (Fsp3) is 0.647. The molecule has 1 spiro atoms. The van der Waals surface area contributed by atoms with Crippen molar-refractivity contribution in [2.45, 2.75) is 58.2 Å². The number of ether oxygens (including phenoxy) is 1. The number of aliphatic hydroxyl groups excluding tert-OH is 1. The number of benzene rings is 1. The van der Waals surface area contributed by atoms with E-state index in [0.29, 0.717) is 5.92 Å². The fourth-order valence-corrected chi connectivity index (χ4v) is 3.70. The molecule has 1 aromatic carbocycles. The Balaban J connectivity index is 1.90. The zero-order valence-corrected chi connectivity index (χ0v) is 12.1. The molecule has 0 saturated heterocycles. The fourth-order valence-electron chi connectivity index (χ4n) is 3.70. The first-order valence-electron chi connectivity index (χ1n) is 7.47. The minimum Gasteiger partial charge on any atom is -0.487 e. The summed E-state index contributed by atoms with van der Waals surface area (Å²) >= 11 is 0. The zero-order chi connectivity index (χ0) is 13.6. The van der Waals surface area contributed by atoms with Gasteiger partial charge in [-0.1, -0.05) is 25.5 Å². The van der Waals surface area contributed by atoms with Gasteiger partial charge in [0.05, 0.1) is 6.10 Å². The van der Waals surface area contributed by atoms with Crippen molar-refractivity contribution in [2.24, 2.45) is 11.8 Å². The number of aryl methyl sites for hydroxylation is 1. The summed E-state index contributed by atoms with van der Waals surface area (Å²) in [6.45, 7) is 6.70. The number of aliphatic hydroxyl groups is 1. The number of hydrogen-bond acceptors (Lipinski definition) is 2. The quantitative estimate of drug-likeness (QED) is 0.764. The number of hydrogen-bond donors (Lipinski definition) is 1. The molecule has 2 nitrogen and oxygen atoms in total. The third kappa shape index (κ3) is 2.27. The molecule has 104 valence electrons. The van der Waals surface area contributed by atoms with Crippen LogP contribution in [0.15, 0.2) is 18.2 Å². The first-order chi connectivity index (χ1) is 8.99. The molecule has 0 bridgehead atoms. The molecule has 1 saturated carbocycles. The topological polar surface area (TPSA) is 29.5 Å². The SMILES string of the molecule is Cc1ccc2c(c1)[C@H](O)CC1(CCC(C)C(C)C1)O2. The van der Waals surface area contributed by atoms with Crippen LogP contribution in [0.25, 0.3) is 0 Å². The Bertz CT molecular complexity index is 482. The van der Waals surface area contributed by atoms with Crippen LogP contribution in [-0.2, 0) is 0 Å². The molecule has 1 aromatic rings. The van der Waals surface area contributed by atoms with E-state index in [9.17, 15) is 5.11 Å². The lowest BCUT2D eigenvalue weighted by atomic mass is 9.69. The summed E-state index contributed by atoms with van der Waals surface area (Å²) in [5.41, 5.74) is 2.02. The van der Waals surface area contributed by atoms with Crippen molar-refractivity contribution in [3.8, 4) is 5.75 Å². The molecule has 4 atom stereocenters. The molecular weight excluding hydrogens is 236 g/mol. The van der Waals surface area contributed by atoms with Gasteiger partial charge in [0, 0.05) is 12.0 Å². The standard InChI is InChI=1S/C17H24O2/c1-11-4-5-16-14(8-11)15(18)10-17(19-16)7-6-12(2)13(3)9-17/h4-5,8,12-13,15,18H,6-7,9-10H2,1-3H3/t12?,13?,15-,17?/m1/s1. The highest BCUT2D eigenvalue weighted by Crippen LogP contribution is 2.48. The van der Waals surface area contributed by atoms with Gasteiger partial charge in [0.25, 0.3) is 0 Å². The molecule has 1 aliphatic heterocycles. The second-order valence-corrected chi connectivity index (χ2v) is 6.74. The van der Waals surface area contributed by atoms with Crippen LogP contribution in [0.5, 0.6) is 5.75 Å². The summed E-state index contributed by atoms with van der Waals surface area (Å²) < 4.78 is 6.34. The average Bonchev–Trinajstić information content (AvgIpc) is 2.36. The van der Waals surface area contributed by atoms with E-state index in [-0.39, 0.29) is 11.7 Å². The van der Waals surface area contributed by atoms with Crippen LogP contribution in [-0.4, -0.2) is 10.7 Å². The third-order valence-corrected chi connectivity index (χ3v) is 5.14. The normalized spacial score (nSPS) is 37.8. The van der Waals surface area contributed by atoms with Crippen molar-refractivity contribution in [1.82, 2.24) is 0 Å². The van der Waals surface area contributed by atoms with Crippen LogP contribution < -0.4 is 4.74 Å². The lowest BCUT2D eigenvalue weighted by molar-refractivity contribution is -0.0602. The molecule has 1 aliphatic carbocycles. The van der Waals surface area contributed by atoms with Crippen molar-refractivity contribution in [2.75, 3.05) is 0 Å². The van der Waals surface area contributed by atoms with E-state index in [4.69, 9.17) is 4.74 Å². The van der Waals surface area contributed by atoms with E-state index in [1.54, 1.807) is 0 Å². The summed E-state index contributed by atoms with van der Waals surface area (Å²) in [5.74, 6) is 2.34. The van der Waals surface area contributed by atoms with Crippen molar-refractivity contribution in [3.63, 3.8) is 0 Å². The minimum atomic E-state index is -0.371. The van der Waals surface area contributed by atoms with Gasteiger partial charge in [-0.15, -0.1) is 0 Å². The maximum absolute atomic E-state index is 10.5. The van der Waals surface area contributed by atoms with Gasteiger partial charge in [-0.05, 0) is 50.2 Å². The van der Waals surface area contributed by atoms with Crippen molar-refractivity contribution in [1.29, 1.82) is 0 Å². The summed E-state index contributed by atoms with van der Waals surface area (Å²) in [6, 6.07) is 6.15. The second-order valence-electron chi connectivity index (χ2n) is 6.74. The van der Waals surface area contributed by atoms with Gasteiger partial charge < -0.3 is 9.84 Å². The second kappa shape index (κ2) is 4.52. The Morgan fingerprint density at radius 3 is 2.74 bits per heavy atom. The summed E-state index contributed by atoms with van der Waals surface area (Å²) in [7, 11) is 0.